The lowest BCUT2D eigenvalue weighted by atomic mass is 10.2. The van der Waals surface area contributed by atoms with E-state index in [1.54, 1.807) is 0 Å². The molecule has 162 valence electrons. The maximum Gasteiger partial charge on any atom is 0.234 e. The van der Waals surface area contributed by atoms with Crippen molar-refractivity contribution < 1.29 is 9.53 Å². The van der Waals surface area contributed by atoms with Gasteiger partial charge in [-0.1, -0.05) is 58.0 Å². The smallest absolute Gasteiger partial charge is 0.234 e. The Morgan fingerprint density at radius 3 is 2.41 bits per heavy atom. The molecule has 0 unspecified atom stereocenters. The van der Waals surface area contributed by atoms with Gasteiger partial charge in [0.1, 0.15) is 5.75 Å². The number of nitrogens with zero attached hydrogens (tertiary/aromatic N) is 3. The predicted molar refractivity (Wildman–Crippen MR) is 131 cm³/mol. The first-order valence-corrected chi connectivity index (χ1v) is 11.8. The van der Waals surface area contributed by atoms with Gasteiger partial charge in [-0.05, 0) is 55.5 Å². The second kappa shape index (κ2) is 10.5. The summed E-state index contributed by atoms with van der Waals surface area (Å²) in [5, 5.41) is 12.3. The molecule has 1 aromatic heterocycles. The molecule has 0 radical (unpaired) electrons. The van der Waals surface area contributed by atoms with E-state index in [1.165, 1.54) is 11.8 Å². The van der Waals surface area contributed by atoms with Gasteiger partial charge in [0.05, 0.1) is 12.4 Å². The molecule has 0 atom stereocenters. The summed E-state index contributed by atoms with van der Waals surface area (Å²) in [5.74, 6) is 1.61. The van der Waals surface area contributed by atoms with E-state index in [-0.39, 0.29) is 11.7 Å². The van der Waals surface area contributed by atoms with Gasteiger partial charge in [-0.3, -0.25) is 9.36 Å². The van der Waals surface area contributed by atoms with Crippen molar-refractivity contribution in [3.8, 4) is 22.8 Å². The largest absolute Gasteiger partial charge is 0.494 e. The Kier molecular flexibility index (Phi) is 7.24. The second-order valence-electron chi connectivity index (χ2n) is 6.78. The highest BCUT2D eigenvalue weighted by molar-refractivity contribution is 9.10. The molecular weight excluding hydrogens is 488 g/mol. The molecule has 0 saturated carbocycles. The van der Waals surface area contributed by atoms with Crippen molar-refractivity contribution in [3.05, 3.63) is 83.3 Å². The van der Waals surface area contributed by atoms with E-state index >= 15 is 0 Å². The number of hydrogen-bond acceptors (Lipinski definition) is 5. The second-order valence-corrected chi connectivity index (χ2v) is 8.64. The lowest BCUT2D eigenvalue weighted by molar-refractivity contribution is -0.113. The molecule has 8 heteroatoms. The number of carbonyl (C=O) groups is 1. The molecule has 0 bridgehead atoms. The Bertz CT molecular complexity index is 1180. The van der Waals surface area contributed by atoms with E-state index in [1.807, 2.05) is 90.4 Å². The van der Waals surface area contributed by atoms with Gasteiger partial charge in [-0.2, -0.15) is 0 Å². The fourth-order valence-corrected chi connectivity index (χ4v) is 4.11. The summed E-state index contributed by atoms with van der Waals surface area (Å²) in [6.07, 6.45) is 0. The van der Waals surface area contributed by atoms with Crippen LogP contribution < -0.4 is 10.1 Å². The van der Waals surface area contributed by atoms with E-state index in [9.17, 15) is 4.79 Å². The summed E-state index contributed by atoms with van der Waals surface area (Å²) in [7, 11) is 0. The van der Waals surface area contributed by atoms with E-state index in [0.29, 0.717) is 17.6 Å². The Labute approximate surface area is 199 Å². The number of nitrogens with one attached hydrogen (secondary N) is 1. The monoisotopic (exact) mass is 508 g/mol. The Hall–Kier alpha value is -3.10. The van der Waals surface area contributed by atoms with Crippen LogP contribution in [0.3, 0.4) is 0 Å². The SMILES string of the molecule is CCOc1ccc(-n2c(SCC(=O)Nc3ccc(Br)cc3)nnc2-c2ccccc2)cc1. The number of hydrogen-bond donors (Lipinski definition) is 1. The van der Waals surface area contributed by atoms with Gasteiger partial charge in [0.25, 0.3) is 0 Å². The van der Waals surface area contributed by atoms with Crippen LogP contribution >= 0.6 is 27.7 Å². The van der Waals surface area contributed by atoms with Gasteiger partial charge in [0.15, 0.2) is 11.0 Å². The molecular formula is C24H21BrN4O2S. The summed E-state index contributed by atoms with van der Waals surface area (Å²) >= 11 is 4.73. The molecule has 0 aliphatic carbocycles. The fraction of sp³-hybridized carbons (Fsp3) is 0.125. The summed E-state index contributed by atoms with van der Waals surface area (Å²) < 4.78 is 8.49. The fourth-order valence-electron chi connectivity index (χ4n) is 3.09. The summed E-state index contributed by atoms with van der Waals surface area (Å²) in [5.41, 5.74) is 2.59. The lowest BCUT2D eigenvalue weighted by Crippen LogP contribution is -2.14. The molecule has 4 aromatic rings. The minimum atomic E-state index is -0.111. The predicted octanol–water partition coefficient (Wildman–Crippen LogP) is 5.83. The topological polar surface area (TPSA) is 69.0 Å². The summed E-state index contributed by atoms with van der Waals surface area (Å²) in [4.78, 5) is 12.5. The van der Waals surface area contributed by atoms with Crippen LogP contribution in [0, 0.1) is 0 Å². The van der Waals surface area contributed by atoms with Crippen LogP contribution in [0.1, 0.15) is 6.92 Å². The van der Waals surface area contributed by atoms with E-state index in [2.05, 4.69) is 31.4 Å². The molecule has 6 nitrogen and oxygen atoms in total. The molecule has 1 N–H and O–H groups in total. The van der Waals surface area contributed by atoms with Crippen LogP contribution in [-0.4, -0.2) is 33.0 Å². The van der Waals surface area contributed by atoms with Crippen molar-refractivity contribution in [2.75, 3.05) is 17.7 Å². The van der Waals surface area contributed by atoms with E-state index in [0.717, 1.165) is 27.2 Å². The van der Waals surface area contributed by atoms with Crippen molar-refractivity contribution >= 4 is 39.3 Å². The highest BCUT2D eigenvalue weighted by Gasteiger charge is 2.17. The standard InChI is InChI=1S/C24H21BrN4O2S/c1-2-31-21-14-12-20(13-15-21)29-23(17-6-4-3-5-7-17)27-28-24(29)32-16-22(30)26-19-10-8-18(25)9-11-19/h3-15H,2,16H2,1H3,(H,26,30). The number of thioether (sulfide) groups is 1. The first kappa shape index (κ1) is 22.1. The third-order valence-electron chi connectivity index (χ3n) is 4.53. The van der Waals surface area contributed by atoms with Crippen LogP contribution in [0.15, 0.2) is 88.5 Å². The molecule has 0 aliphatic heterocycles. The number of ether oxygens (including phenoxy) is 1. The first-order chi connectivity index (χ1) is 15.6. The summed E-state index contributed by atoms with van der Waals surface area (Å²) in [6, 6.07) is 25.1. The maximum atomic E-state index is 12.5. The van der Waals surface area contributed by atoms with Crippen molar-refractivity contribution in [1.82, 2.24) is 14.8 Å². The van der Waals surface area contributed by atoms with Crippen LogP contribution in [0.4, 0.5) is 5.69 Å². The molecule has 4 rings (SSSR count). The van der Waals surface area contributed by atoms with Gasteiger partial charge in [-0.25, -0.2) is 0 Å². The van der Waals surface area contributed by atoms with E-state index in [4.69, 9.17) is 4.74 Å². The molecule has 0 aliphatic rings. The van der Waals surface area contributed by atoms with Crippen molar-refractivity contribution in [1.29, 1.82) is 0 Å². The van der Waals surface area contributed by atoms with Crippen LogP contribution in [0.2, 0.25) is 0 Å². The minimum absolute atomic E-state index is 0.111. The molecule has 1 heterocycles. The van der Waals surface area contributed by atoms with Crippen LogP contribution in [0.5, 0.6) is 5.75 Å². The van der Waals surface area contributed by atoms with Gasteiger partial charge in [0.2, 0.25) is 5.91 Å². The van der Waals surface area contributed by atoms with Crippen LogP contribution in [0.25, 0.3) is 17.1 Å². The zero-order chi connectivity index (χ0) is 22.3. The number of anilines is 1. The zero-order valence-electron chi connectivity index (χ0n) is 17.4. The summed E-state index contributed by atoms with van der Waals surface area (Å²) in [6.45, 7) is 2.56. The number of rotatable bonds is 8. The van der Waals surface area contributed by atoms with Gasteiger partial charge >= 0.3 is 0 Å². The highest BCUT2D eigenvalue weighted by Crippen LogP contribution is 2.29. The van der Waals surface area contributed by atoms with Gasteiger partial charge in [0, 0.05) is 21.4 Å². The zero-order valence-corrected chi connectivity index (χ0v) is 19.8. The third kappa shape index (κ3) is 5.38. The number of halogens is 1. The highest BCUT2D eigenvalue weighted by atomic mass is 79.9. The van der Waals surface area contributed by atoms with Gasteiger partial charge in [-0.15, -0.1) is 10.2 Å². The number of amides is 1. The minimum Gasteiger partial charge on any atom is -0.494 e. The average molecular weight is 509 g/mol. The Balaban J connectivity index is 1.58. The molecule has 0 fully saturated rings. The molecule has 32 heavy (non-hydrogen) atoms. The van der Waals surface area contributed by atoms with Gasteiger partial charge < -0.3 is 10.1 Å². The molecule has 3 aromatic carbocycles. The number of benzene rings is 3. The number of aromatic nitrogens is 3. The quantitative estimate of drug-likeness (QED) is 0.303. The molecule has 0 spiro atoms. The lowest BCUT2D eigenvalue weighted by Gasteiger charge is -2.11. The average Bonchev–Trinajstić information content (AvgIpc) is 3.24. The first-order valence-electron chi connectivity index (χ1n) is 10.1. The molecule has 1 amide bonds. The van der Waals surface area contributed by atoms with Crippen molar-refractivity contribution in [2.24, 2.45) is 0 Å². The Morgan fingerprint density at radius 1 is 1.00 bits per heavy atom. The van der Waals surface area contributed by atoms with Crippen molar-refractivity contribution in [2.45, 2.75) is 12.1 Å². The van der Waals surface area contributed by atoms with Crippen LogP contribution in [-0.2, 0) is 4.79 Å². The van der Waals surface area contributed by atoms with E-state index < -0.39 is 0 Å². The van der Waals surface area contributed by atoms with Crippen molar-refractivity contribution in [3.63, 3.8) is 0 Å². The Morgan fingerprint density at radius 2 is 1.72 bits per heavy atom. The molecule has 0 saturated heterocycles. The number of carbonyl (C=O) groups excluding carboxylic acids is 1. The normalized spacial score (nSPS) is 10.7. The maximum absolute atomic E-state index is 12.5. The third-order valence-corrected chi connectivity index (χ3v) is 5.99.